The molecule has 4 aliphatic carbocycles. The van der Waals surface area contributed by atoms with Crippen molar-refractivity contribution in [3.05, 3.63) is 0 Å². The smallest absolute Gasteiger partial charge is 0.302 e. The fourth-order valence-corrected chi connectivity index (χ4v) is 6.52. The second kappa shape index (κ2) is 6.93. The third-order valence-electron chi connectivity index (χ3n) is 6.06. The van der Waals surface area contributed by atoms with Crippen molar-refractivity contribution >= 4 is 7.82 Å². The molecule has 5 heteroatoms. The second-order valence-corrected chi connectivity index (χ2v) is 9.40. The predicted octanol–water partition coefficient (Wildman–Crippen LogP) is 4.92. The van der Waals surface area contributed by atoms with Crippen LogP contribution in [0.1, 0.15) is 71.1 Å². The number of phosphoric ester groups is 1. The van der Waals surface area contributed by atoms with Crippen molar-refractivity contribution in [2.45, 2.75) is 71.1 Å². The van der Waals surface area contributed by atoms with E-state index in [1.807, 2.05) is 0 Å². The third kappa shape index (κ3) is 4.14. The maximum atomic E-state index is 11.4. The van der Waals surface area contributed by atoms with Crippen LogP contribution in [-0.2, 0) is 13.6 Å². The molecule has 0 spiro atoms. The van der Waals surface area contributed by atoms with Gasteiger partial charge >= 0.3 is 7.82 Å². The largest absolute Gasteiger partial charge is 0.472 e. The van der Waals surface area contributed by atoms with Gasteiger partial charge in [-0.2, -0.15) is 0 Å². The van der Waals surface area contributed by atoms with E-state index in [-0.39, 0.29) is 6.61 Å². The number of hydrogen-bond donors (Lipinski definition) is 1. The molecule has 4 rings (SSSR count). The van der Waals surface area contributed by atoms with Gasteiger partial charge in [-0.15, -0.1) is 0 Å². The molecule has 128 valence electrons. The summed E-state index contributed by atoms with van der Waals surface area (Å²) in [6.45, 7) is 2.23. The van der Waals surface area contributed by atoms with Crippen LogP contribution in [0.5, 0.6) is 0 Å². The lowest BCUT2D eigenvalue weighted by Crippen LogP contribution is -2.45. The maximum Gasteiger partial charge on any atom is 0.472 e. The minimum atomic E-state index is -3.79. The molecule has 4 nitrogen and oxygen atoms in total. The quantitative estimate of drug-likeness (QED) is 0.482. The first kappa shape index (κ1) is 17.0. The first-order chi connectivity index (χ1) is 10.5. The number of hydrogen-bond acceptors (Lipinski definition) is 3. The fourth-order valence-electron chi connectivity index (χ4n) is 5.76. The summed E-state index contributed by atoms with van der Waals surface area (Å²) in [5.74, 6) is 3.09. The Hall–Kier alpha value is 0.110. The maximum absolute atomic E-state index is 11.4. The average Bonchev–Trinajstić information content (AvgIpc) is 2.41. The van der Waals surface area contributed by atoms with E-state index in [1.54, 1.807) is 6.92 Å². The van der Waals surface area contributed by atoms with E-state index >= 15 is 0 Å². The molecule has 0 saturated heterocycles. The summed E-state index contributed by atoms with van der Waals surface area (Å²) in [4.78, 5) is 9.34. The lowest BCUT2D eigenvalue weighted by molar-refractivity contribution is -0.0584. The van der Waals surface area contributed by atoms with Crippen molar-refractivity contribution in [2.75, 3.05) is 13.2 Å². The Morgan fingerprint density at radius 2 is 1.59 bits per heavy atom. The third-order valence-corrected chi connectivity index (χ3v) is 7.16. The Bertz CT molecular complexity index is 388. The van der Waals surface area contributed by atoms with Gasteiger partial charge in [0.1, 0.15) is 0 Å². The minimum absolute atomic E-state index is 0.208. The molecule has 0 heterocycles. The summed E-state index contributed by atoms with van der Waals surface area (Å²) in [7, 11) is -3.79. The molecular weight excluding hydrogens is 299 g/mol. The highest BCUT2D eigenvalue weighted by atomic mass is 31.2. The van der Waals surface area contributed by atoms with Gasteiger partial charge in [0, 0.05) is 0 Å². The molecule has 4 fully saturated rings. The van der Waals surface area contributed by atoms with Gasteiger partial charge in [0.15, 0.2) is 0 Å². The van der Waals surface area contributed by atoms with Crippen molar-refractivity contribution in [3.8, 4) is 0 Å². The van der Waals surface area contributed by atoms with Gasteiger partial charge in [-0.05, 0) is 81.5 Å². The van der Waals surface area contributed by atoms with E-state index in [4.69, 9.17) is 4.52 Å². The molecule has 1 N–H and O–H groups in total. The van der Waals surface area contributed by atoms with Crippen molar-refractivity contribution in [1.29, 1.82) is 0 Å². The van der Waals surface area contributed by atoms with Crippen LogP contribution in [0, 0.1) is 23.2 Å². The van der Waals surface area contributed by atoms with E-state index in [0.29, 0.717) is 12.0 Å². The number of unbranched alkanes of at least 4 members (excludes halogenated alkanes) is 2. The van der Waals surface area contributed by atoms with Crippen LogP contribution < -0.4 is 0 Å². The zero-order chi connectivity index (χ0) is 15.6. The van der Waals surface area contributed by atoms with Crippen LogP contribution >= 0.6 is 7.82 Å². The standard InChI is InChI=1S/C17H31O4P/c1-2-20-22(18,19)21-7-5-3-4-6-17-11-14-8-15(12-17)10-16(9-14)13-17/h14-16H,2-13H2,1H3,(H,18,19). The highest BCUT2D eigenvalue weighted by Crippen LogP contribution is 2.61. The zero-order valence-corrected chi connectivity index (χ0v) is 14.7. The van der Waals surface area contributed by atoms with Crippen LogP contribution in [0.4, 0.5) is 0 Å². The fraction of sp³-hybridized carbons (Fsp3) is 1.00. The summed E-state index contributed by atoms with van der Waals surface area (Å²) >= 11 is 0. The summed E-state index contributed by atoms with van der Waals surface area (Å²) in [5, 5.41) is 0. The van der Waals surface area contributed by atoms with Crippen LogP contribution in [0.25, 0.3) is 0 Å². The summed E-state index contributed by atoms with van der Waals surface area (Å²) in [6, 6.07) is 0. The molecule has 0 aromatic carbocycles. The Labute approximate surface area is 134 Å². The van der Waals surface area contributed by atoms with Crippen LogP contribution in [0.15, 0.2) is 0 Å². The monoisotopic (exact) mass is 330 g/mol. The molecule has 0 radical (unpaired) electrons. The Kier molecular flexibility index (Phi) is 5.34. The zero-order valence-electron chi connectivity index (χ0n) is 13.8. The first-order valence-corrected chi connectivity index (χ1v) is 10.6. The first-order valence-electron chi connectivity index (χ1n) is 9.12. The van der Waals surface area contributed by atoms with Gasteiger partial charge in [0.25, 0.3) is 0 Å². The molecule has 0 aliphatic heterocycles. The van der Waals surface area contributed by atoms with Crippen molar-refractivity contribution < 1.29 is 18.5 Å². The molecule has 4 saturated carbocycles. The average molecular weight is 330 g/mol. The van der Waals surface area contributed by atoms with Crippen LogP contribution in [-0.4, -0.2) is 18.1 Å². The van der Waals surface area contributed by atoms with Gasteiger partial charge in [-0.25, -0.2) is 4.57 Å². The summed E-state index contributed by atoms with van der Waals surface area (Å²) in [5.41, 5.74) is 0.660. The molecule has 1 atom stereocenters. The van der Waals surface area contributed by atoms with Crippen molar-refractivity contribution in [2.24, 2.45) is 23.2 Å². The number of rotatable bonds is 9. The van der Waals surface area contributed by atoms with Gasteiger partial charge in [0.2, 0.25) is 0 Å². The van der Waals surface area contributed by atoms with Gasteiger partial charge in [-0.3, -0.25) is 9.05 Å². The van der Waals surface area contributed by atoms with E-state index in [9.17, 15) is 9.46 Å². The van der Waals surface area contributed by atoms with Crippen molar-refractivity contribution in [1.82, 2.24) is 0 Å². The van der Waals surface area contributed by atoms with Gasteiger partial charge in [0.05, 0.1) is 13.2 Å². The number of phosphoric acid groups is 1. The van der Waals surface area contributed by atoms with Gasteiger partial charge in [-0.1, -0.05) is 12.8 Å². The van der Waals surface area contributed by atoms with Gasteiger partial charge < -0.3 is 4.89 Å². The van der Waals surface area contributed by atoms with Crippen molar-refractivity contribution in [3.63, 3.8) is 0 Å². The highest BCUT2D eigenvalue weighted by Gasteiger charge is 2.50. The molecule has 0 aromatic rings. The lowest BCUT2D eigenvalue weighted by atomic mass is 9.48. The highest BCUT2D eigenvalue weighted by molar-refractivity contribution is 7.47. The molecule has 4 bridgehead atoms. The van der Waals surface area contributed by atoms with E-state index < -0.39 is 7.82 Å². The molecule has 0 amide bonds. The molecule has 1 unspecified atom stereocenters. The summed E-state index contributed by atoms with van der Waals surface area (Å²) < 4.78 is 21.0. The minimum Gasteiger partial charge on any atom is -0.302 e. The molecular formula is C17H31O4P. The lowest BCUT2D eigenvalue weighted by Gasteiger charge is -2.57. The predicted molar refractivity (Wildman–Crippen MR) is 86.5 cm³/mol. The normalized spacial score (nSPS) is 39.1. The molecule has 0 aromatic heterocycles. The second-order valence-electron chi connectivity index (χ2n) is 7.95. The topological polar surface area (TPSA) is 55.8 Å². The Morgan fingerprint density at radius 3 is 2.14 bits per heavy atom. The van der Waals surface area contributed by atoms with E-state index in [1.165, 1.54) is 51.4 Å². The van der Waals surface area contributed by atoms with E-state index in [2.05, 4.69) is 4.52 Å². The van der Waals surface area contributed by atoms with Crippen LogP contribution in [0.3, 0.4) is 0 Å². The SMILES string of the molecule is CCOP(=O)(O)OCCCCCC12CC3CC(CC(C3)C1)C2. The summed E-state index contributed by atoms with van der Waals surface area (Å²) in [6.07, 6.45) is 13.5. The van der Waals surface area contributed by atoms with Crippen LogP contribution in [0.2, 0.25) is 0 Å². The molecule has 22 heavy (non-hydrogen) atoms. The molecule has 4 aliphatic rings. The van der Waals surface area contributed by atoms with E-state index in [0.717, 1.165) is 30.6 Å². The Morgan fingerprint density at radius 1 is 1.00 bits per heavy atom. The Balaban J connectivity index is 1.33.